The fraction of sp³-hybridized carbons (Fsp3) is 0.500. The van der Waals surface area contributed by atoms with Crippen molar-refractivity contribution < 1.29 is 19.0 Å². The van der Waals surface area contributed by atoms with E-state index in [2.05, 4.69) is 10.00 Å². The van der Waals surface area contributed by atoms with Crippen LogP contribution in [0.1, 0.15) is 81.0 Å². The minimum absolute atomic E-state index is 0.105. The summed E-state index contributed by atoms with van der Waals surface area (Å²) in [4.78, 5) is 13.3. The Kier molecular flexibility index (Phi) is 8.05. The van der Waals surface area contributed by atoms with Crippen molar-refractivity contribution >= 4 is 34.9 Å². The maximum Gasteiger partial charge on any atom is 0.306 e. The number of aromatic nitrogens is 2. The van der Waals surface area contributed by atoms with Gasteiger partial charge in [-0.05, 0) is 85.8 Å². The van der Waals surface area contributed by atoms with Gasteiger partial charge < -0.3 is 14.7 Å². The second-order valence-corrected chi connectivity index (χ2v) is 12.4. The number of anilines is 1. The molecule has 2 bridgehead atoms. The molecule has 2 heterocycles. The molecule has 3 atom stereocenters. The first-order valence-electron chi connectivity index (χ1n) is 14.8. The van der Waals surface area contributed by atoms with Gasteiger partial charge in [0.25, 0.3) is 0 Å². The second kappa shape index (κ2) is 11.6. The van der Waals surface area contributed by atoms with E-state index < -0.39 is 5.97 Å². The van der Waals surface area contributed by atoms with E-state index in [4.69, 9.17) is 33.0 Å². The molecule has 4 aliphatic rings. The lowest BCUT2D eigenvalue weighted by atomic mass is 9.71. The predicted octanol–water partition coefficient (Wildman–Crippen LogP) is 7.98. The number of aliphatic carboxylic acids is 1. The zero-order valence-electron chi connectivity index (χ0n) is 23.4. The summed E-state index contributed by atoms with van der Waals surface area (Å²) in [6.45, 7) is 5.20. The van der Waals surface area contributed by atoms with Crippen molar-refractivity contribution in [2.75, 3.05) is 11.4 Å². The van der Waals surface area contributed by atoms with Crippen molar-refractivity contribution in [1.29, 1.82) is 0 Å². The summed E-state index contributed by atoms with van der Waals surface area (Å²) in [5.74, 6) is -0.293. The number of fused-ring (bicyclic) bond motifs is 2. The SMILES string of the molecule is CC.O=C(O)C1CC(c2ccc(N3CC4CC3CC4OCc3c(C4CC4)cnn3-c3c(Cl)cccc3Cl)c(F)c2)C1. The van der Waals surface area contributed by atoms with Crippen molar-refractivity contribution in [2.24, 2.45) is 11.8 Å². The van der Waals surface area contributed by atoms with Gasteiger partial charge in [-0.3, -0.25) is 4.79 Å². The van der Waals surface area contributed by atoms with Crippen LogP contribution in [0.5, 0.6) is 0 Å². The van der Waals surface area contributed by atoms with Crippen molar-refractivity contribution in [2.45, 2.75) is 83.0 Å². The molecule has 1 N–H and O–H groups in total. The van der Waals surface area contributed by atoms with E-state index in [1.54, 1.807) is 6.07 Å². The molecule has 1 aromatic heterocycles. The van der Waals surface area contributed by atoms with Crippen molar-refractivity contribution in [3.05, 3.63) is 75.3 Å². The Labute approximate surface area is 250 Å². The van der Waals surface area contributed by atoms with Gasteiger partial charge in [-0.25, -0.2) is 9.07 Å². The van der Waals surface area contributed by atoms with Gasteiger partial charge in [-0.1, -0.05) is 49.2 Å². The summed E-state index contributed by atoms with van der Waals surface area (Å²) in [5.41, 5.74) is 4.45. The Balaban J connectivity index is 0.00000148. The maximum atomic E-state index is 15.2. The summed E-state index contributed by atoms with van der Waals surface area (Å²) >= 11 is 13.0. The largest absolute Gasteiger partial charge is 0.481 e. The molecule has 1 aliphatic heterocycles. The molecular formula is C32H36Cl2FN3O3. The number of hydrogen-bond donors (Lipinski definition) is 1. The van der Waals surface area contributed by atoms with Crippen LogP contribution in [0.25, 0.3) is 5.69 Å². The Morgan fingerprint density at radius 2 is 1.80 bits per heavy atom. The van der Waals surface area contributed by atoms with Crippen LogP contribution in [0.4, 0.5) is 10.1 Å². The van der Waals surface area contributed by atoms with E-state index in [9.17, 15) is 4.79 Å². The molecule has 9 heteroatoms. The molecular weight excluding hydrogens is 564 g/mol. The molecule has 4 fully saturated rings. The van der Waals surface area contributed by atoms with E-state index >= 15 is 4.39 Å². The number of para-hydroxylation sites is 1. The maximum absolute atomic E-state index is 15.2. The second-order valence-electron chi connectivity index (χ2n) is 11.6. The van der Waals surface area contributed by atoms with Gasteiger partial charge in [0, 0.05) is 18.5 Å². The normalized spacial score (nSPS) is 26.5. The molecule has 0 spiro atoms. The van der Waals surface area contributed by atoms with Gasteiger partial charge in [-0.2, -0.15) is 5.10 Å². The molecule has 6 nitrogen and oxygen atoms in total. The molecule has 7 rings (SSSR count). The number of hydrogen-bond acceptors (Lipinski definition) is 4. The van der Waals surface area contributed by atoms with Gasteiger partial charge in [0.05, 0.1) is 46.3 Å². The lowest BCUT2D eigenvalue weighted by Crippen LogP contribution is -2.39. The molecule has 41 heavy (non-hydrogen) atoms. The molecule has 3 unspecified atom stereocenters. The van der Waals surface area contributed by atoms with Crippen LogP contribution < -0.4 is 4.90 Å². The van der Waals surface area contributed by atoms with Gasteiger partial charge in [0.1, 0.15) is 11.5 Å². The number of carboxylic acid groups (broad SMARTS) is 1. The molecule has 3 aliphatic carbocycles. The van der Waals surface area contributed by atoms with Crippen LogP contribution >= 0.6 is 23.2 Å². The fourth-order valence-corrected chi connectivity index (χ4v) is 7.40. The first kappa shape index (κ1) is 28.5. The number of ether oxygens (including phenoxy) is 1. The number of rotatable bonds is 8. The summed E-state index contributed by atoms with van der Waals surface area (Å²) in [7, 11) is 0. The Morgan fingerprint density at radius 3 is 2.41 bits per heavy atom. The third kappa shape index (κ3) is 5.37. The average Bonchev–Trinajstić information content (AvgIpc) is 3.38. The Hall–Kier alpha value is -2.61. The van der Waals surface area contributed by atoms with E-state index in [1.807, 2.05) is 55.1 Å². The number of piperidine rings is 1. The summed E-state index contributed by atoms with van der Waals surface area (Å²) in [6.07, 6.45) is 7.36. The molecule has 218 valence electrons. The van der Waals surface area contributed by atoms with Gasteiger partial charge in [0.2, 0.25) is 0 Å². The van der Waals surface area contributed by atoms with Crippen molar-refractivity contribution in [3.63, 3.8) is 0 Å². The fourth-order valence-electron chi connectivity index (χ4n) is 6.84. The smallest absolute Gasteiger partial charge is 0.306 e. The monoisotopic (exact) mass is 599 g/mol. The van der Waals surface area contributed by atoms with Crippen LogP contribution in [0.15, 0.2) is 42.6 Å². The zero-order valence-corrected chi connectivity index (χ0v) is 24.9. The molecule has 3 saturated carbocycles. The van der Waals surface area contributed by atoms with Crippen LogP contribution in [-0.4, -0.2) is 39.5 Å². The summed E-state index contributed by atoms with van der Waals surface area (Å²) in [6, 6.07) is 11.2. The van der Waals surface area contributed by atoms with Crippen LogP contribution in [-0.2, 0) is 16.1 Å². The minimum Gasteiger partial charge on any atom is -0.481 e. The third-order valence-electron chi connectivity index (χ3n) is 9.22. The van der Waals surface area contributed by atoms with E-state index in [-0.39, 0.29) is 29.8 Å². The topological polar surface area (TPSA) is 67.6 Å². The quantitative estimate of drug-likeness (QED) is 0.284. The van der Waals surface area contributed by atoms with Gasteiger partial charge >= 0.3 is 5.97 Å². The highest BCUT2D eigenvalue weighted by atomic mass is 35.5. The zero-order chi connectivity index (χ0) is 28.8. The van der Waals surface area contributed by atoms with Crippen LogP contribution in [0, 0.1) is 17.7 Å². The van der Waals surface area contributed by atoms with Gasteiger partial charge in [-0.15, -0.1) is 0 Å². The molecule has 1 saturated heterocycles. The first-order valence-corrected chi connectivity index (χ1v) is 15.5. The summed E-state index contributed by atoms with van der Waals surface area (Å²) < 4.78 is 23.6. The van der Waals surface area contributed by atoms with Crippen molar-refractivity contribution in [3.8, 4) is 5.69 Å². The minimum atomic E-state index is -0.755. The molecule has 2 aromatic carbocycles. The van der Waals surface area contributed by atoms with Crippen molar-refractivity contribution in [1.82, 2.24) is 9.78 Å². The highest BCUT2D eigenvalue weighted by molar-refractivity contribution is 6.37. The Bertz CT molecular complexity index is 1420. The third-order valence-corrected chi connectivity index (χ3v) is 9.83. The van der Waals surface area contributed by atoms with E-state index in [0.717, 1.165) is 43.5 Å². The molecule has 3 aromatic rings. The average molecular weight is 601 g/mol. The van der Waals surface area contributed by atoms with E-state index in [1.165, 1.54) is 5.56 Å². The predicted molar refractivity (Wildman–Crippen MR) is 159 cm³/mol. The number of carbonyl (C=O) groups is 1. The number of benzene rings is 2. The number of halogens is 3. The lowest BCUT2D eigenvalue weighted by molar-refractivity contribution is -0.145. The van der Waals surface area contributed by atoms with Gasteiger partial charge in [0.15, 0.2) is 0 Å². The number of nitrogens with zero attached hydrogens (tertiary/aromatic N) is 3. The molecule has 0 radical (unpaired) electrons. The molecule has 0 amide bonds. The van der Waals surface area contributed by atoms with Crippen LogP contribution in [0.3, 0.4) is 0 Å². The highest BCUT2D eigenvalue weighted by Gasteiger charge is 2.46. The Morgan fingerprint density at radius 1 is 1.07 bits per heavy atom. The standard InChI is InChI=1S/C30H30Cl2FN3O3.C2H6/c31-23-2-1-3-24(32)29(23)36-27(22(13-34-36)16-4-5-16)15-39-28-12-21-10-20(28)14-35(21)26-7-6-17(11-25(26)33)18-8-19(9-18)30(37)38;1-2/h1-3,6-7,11,13,16,18-21,28H,4-5,8-10,12,14-15H2,(H,37,38);1-2H3. The summed E-state index contributed by atoms with van der Waals surface area (Å²) in [5, 5.41) is 14.9. The number of carboxylic acids is 1. The lowest BCUT2D eigenvalue weighted by Gasteiger charge is -2.35. The highest BCUT2D eigenvalue weighted by Crippen LogP contribution is 2.47. The first-order chi connectivity index (χ1) is 19.9. The van der Waals surface area contributed by atoms with E-state index in [0.29, 0.717) is 52.7 Å². The van der Waals surface area contributed by atoms with Crippen LogP contribution in [0.2, 0.25) is 10.0 Å².